The van der Waals surface area contributed by atoms with Gasteiger partial charge in [-0.3, -0.25) is 0 Å². The summed E-state index contributed by atoms with van der Waals surface area (Å²) in [7, 11) is 0. The van der Waals surface area contributed by atoms with Crippen LogP contribution in [0.5, 0.6) is 0 Å². The van der Waals surface area contributed by atoms with Crippen LogP contribution in [-0.4, -0.2) is 6.71 Å². The van der Waals surface area contributed by atoms with E-state index in [1.807, 2.05) is 0 Å². The Kier molecular flexibility index (Phi) is 4.62. The van der Waals surface area contributed by atoms with Crippen LogP contribution in [0.2, 0.25) is 0 Å². The fourth-order valence-electron chi connectivity index (χ4n) is 2.18. The van der Waals surface area contributed by atoms with Crippen molar-refractivity contribution >= 4 is 17.6 Å². The molecule has 0 atom stereocenters. The molecule has 0 fully saturated rings. The Morgan fingerprint density at radius 3 is 2.00 bits per heavy atom. The third-order valence-corrected chi connectivity index (χ3v) is 3.28. The fourth-order valence-corrected chi connectivity index (χ4v) is 2.18. The van der Waals surface area contributed by atoms with E-state index in [0.717, 1.165) is 0 Å². The van der Waals surface area contributed by atoms with Crippen LogP contribution in [0.3, 0.4) is 0 Å². The lowest BCUT2D eigenvalue weighted by Crippen LogP contribution is -2.40. The lowest BCUT2D eigenvalue weighted by molar-refractivity contribution is 0.833. The summed E-state index contributed by atoms with van der Waals surface area (Å²) in [5.41, 5.74) is 4.01. The summed E-state index contributed by atoms with van der Waals surface area (Å²) in [4.78, 5) is 0. The molecule has 2 aromatic rings. The van der Waals surface area contributed by atoms with E-state index in [1.165, 1.54) is 16.5 Å². The lowest BCUT2D eigenvalue weighted by Gasteiger charge is -2.11. The van der Waals surface area contributed by atoms with Gasteiger partial charge in [0.1, 0.15) is 0 Å². The Morgan fingerprint density at radius 1 is 0.842 bits per heavy atom. The first kappa shape index (κ1) is 13.7. The average molecular weight is 248 g/mol. The number of aryl methyl sites for hydroxylation is 1. The van der Waals surface area contributed by atoms with Crippen molar-refractivity contribution in [3.8, 4) is 0 Å². The van der Waals surface area contributed by atoms with Crippen molar-refractivity contribution in [1.29, 1.82) is 0 Å². The molecule has 0 aliphatic carbocycles. The lowest BCUT2D eigenvalue weighted by atomic mass is 9.40. The molecule has 0 radical (unpaired) electrons. The van der Waals surface area contributed by atoms with Gasteiger partial charge in [-0.2, -0.15) is 0 Å². The van der Waals surface area contributed by atoms with Gasteiger partial charge in [-0.1, -0.05) is 91.0 Å². The summed E-state index contributed by atoms with van der Waals surface area (Å²) >= 11 is 0. The van der Waals surface area contributed by atoms with Gasteiger partial charge >= 0.3 is 0 Å². The van der Waals surface area contributed by atoms with E-state index in [0.29, 0.717) is 12.6 Å². The number of allylic oxidation sites excluding steroid dienone is 1. The standard InChI is InChI=1S/C18H21B/c1-15(2)13-14-19(17-7-5-4-6-8-17)18-11-9-16(3)10-12-18/h4-15H,1-3H3. The number of benzene rings is 2. The van der Waals surface area contributed by atoms with Crippen molar-refractivity contribution in [3.63, 3.8) is 0 Å². The molecule has 0 saturated heterocycles. The van der Waals surface area contributed by atoms with Crippen LogP contribution in [0.15, 0.2) is 66.6 Å². The van der Waals surface area contributed by atoms with Gasteiger partial charge in [0.05, 0.1) is 0 Å². The Labute approximate surface area is 117 Å². The summed E-state index contributed by atoms with van der Waals surface area (Å²) in [5.74, 6) is 2.90. The number of rotatable bonds is 4. The van der Waals surface area contributed by atoms with Gasteiger partial charge in [-0.25, -0.2) is 0 Å². The van der Waals surface area contributed by atoms with E-state index in [2.05, 4.69) is 87.4 Å². The summed E-state index contributed by atoms with van der Waals surface area (Å²) in [6, 6.07) is 19.5. The summed E-state index contributed by atoms with van der Waals surface area (Å²) < 4.78 is 0. The van der Waals surface area contributed by atoms with Crippen molar-refractivity contribution in [2.24, 2.45) is 5.92 Å². The largest absolute Gasteiger partial charge is 0.233 e. The van der Waals surface area contributed by atoms with E-state index >= 15 is 0 Å². The smallest absolute Gasteiger partial charge is 0.109 e. The normalized spacial score (nSPS) is 11.2. The van der Waals surface area contributed by atoms with Crippen molar-refractivity contribution < 1.29 is 0 Å². The molecular weight excluding hydrogens is 227 g/mol. The van der Waals surface area contributed by atoms with Gasteiger partial charge in [0, 0.05) is 0 Å². The van der Waals surface area contributed by atoms with Gasteiger partial charge in [-0.15, -0.1) is 5.98 Å². The highest BCUT2D eigenvalue weighted by atomic mass is 13.9. The molecule has 19 heavy (non-hydrogen) atoms. The monoisotopic (exact) mass is 248 g/mol. The van der Waals surface area contributed by atoms with Crippen LogP contribution in [0.4, 0.5) is 0 Å². The first-order valence-electron chi connectivity index (χ1n) is 6.96. The van der Waals surface area contributed by atoms with Gasteiger partial charge in [0.15, 0.2) is 0 Å². The van der Waals surface area contributed by atoms with Crippen molar-refractivity contribution in [2.75, 3.05) is 0 Å². The Bertz CT molecular complexity index is 523. The minimum Gasteiger partial charge on any atom is -0.109 e. The molecule has 0 nitrogen and oxygen atoms in total. The molecule has 96 valence electrons. The minimum absolute atomic E-state index is 0.351. The second-order valence-electron chi connectivity index (χ2n) is 5.43. The van der Waals surface area contributed by atoms with Gasteiger partial charge in [-0.05, 0) is 12.8 Å². The van der Waals surface area contributed by atoms with Crippen LogP contribution < -0.4 is 10.9 Å². The van der Waals surface area contributed by atoms with E-state index < -0.39 is 0 Å². The van der Waals surface area contributed by atoms with Crippen LogP contribution >= 0.6 is 0 Å². The minimum atomic E-state index is 0.351. The zero-order valence-electron chi connectivity index (χ0n) is 12.0. The molecule has 0 spiro atoms. The third-order valence-electron chi connectivity index (χ3n) is 3.28. The summed E-state index contributed by atoms with van der Waals surface area (Å²) in [6.45, 7) is 6.91. The zero-order chi connectivity index (χ0) is 13.7. The van der Waals surface area contributed by atoms with E-state index in [-0.39, 0.29) is 0 Å². The molecule has 0 aromatic heterocycles. The molecule has 2 aromatic carbocycles. The molecule has 0 aliphatic heterocycles. The highest BCUT2D eigenvalue weighted by Crippen LogP contribution is 2.00. The second-order valence-corrected chi connectivity index (χ2v) is 5.43. The molecular formula is C18H21B. The quantitative estimate of drug-likeness (QED) is 0.728. The average Bonchev–Trinajstić information content (AvgIpc) is 2.42. The zero-order valence-corrected chi connectivity index (χ0v) is 12.0. The van der Waals surface area contributed by atoms with Crippen LogP contribution in [-0.2, 0) is 0 Å². The topological polar surface area (TPSA) is 0 Å². The van der Waals surface area contributed by atoms with Crippen molar-refractivity contribution in [3.05, 3.63) is 72.2 Å². The predicted octanol–water partition coefficient (Wildman–Crippen LogP) is 3.36. The predicted molar refractivity (Wildman–Crippen MR) is 86.6 cm³/mol. The maximum absolute atomic E-state index is 2.32. The summed E-state index contributed by atoms with van der Waals surface area (Å²) in [5, 5.41) is 0. The molecule has 1 heteroatoms. The van der Waals surface area contributed by atoms with E-state index in [1.54, 1.807) is 0 Å². The van der Waals surface area contributed by atoms with E-state index in [4.69, 9.17) is 0 Å². The Morgan fingerprint density at radius 2 is 1.42 bits per heavy atom. The molecule has 0 unspecified atom stereocenters. The highest BCUT2D eigenvalue weighted by Gasteiger charge is 2.15. The SMILES string of the molecule is Cc1ccc(B(C=CC(C)C)c2ccccc2)cc1. The molecule has 0 N–H and O–H groups in total. The number of hydrogen-bond donors (Lipinski definition) is 0. The van der Waals surface area contributed by atoms with Crippen LogP contribution in [0.25, 0.3) is 0 Å². The molecule has 0 saturated carbocycles. The first-order valence-corrected chi connectivity index (χ1v) is 6.96. The number of hydrogen-bond acceptors (Lipinski definition) is 0. The van der Waals surface area contributed by atoms with Gasteiger partial charge in [0.25, 0.3) is 0 Å². The molecule has 0 amide bonds. The van der Waals surface area contributed by atoms with Gasteiger partial charge in [0.2, 0.25) is 6.71 Å². The Balaban J connectivity index is 2.37. The first-order chi connectivity index (χ1) is 9.16. The molecule has 0 aliphatic rings. The van der Waals surface area contributed by atoms with Crippen LogP contribution in [0, 0.1) is 12.8 Å². The fraction of sp³-hybridized carbons (Fsp3) is 0.222. The highest BCUT2D eigenvalue weighted by molar-refractivity contribution is 6.89. The van der Waals surface area contributed by atoms with Gasteiger partial charge < -0.3 is 0 Å². The van der Waals surface area contributed by atoms with Crippen LogP contribution in [0.1, 0.15) is 19.4 Å². The maximum atomic E-state index is 2.32. The molecule has 0 heterocycles. The van der Waals surface area contributed by atoms with E-state index in [9.17, 15) is 0 Å². The maximum Gasteiger partial charge on any atom is 0.233 e. The van der Waals surface area contributed by atoms with Crippen molar-refractivity contribution in [2.45, 2.75) is 20.8 Å². The second kappa shape index (κ2) is 6.42. The molecule has 2 rings (SSSR count). The third kappa shape index (κ3) is 3.85. The van der Waals surface area contributed by atoms with Crippen molar-refractivity contribution in [1.82, 2.24) is 0 Å². The molecule has 0 bridgehead atoms. The summed E-state index contributed by atoms with van der Waals surface area (Å²) in [6.07, 6.45) is 2.29. The Hall–Kier alpha value is -1.76.